The van der Waals surface area contributed by atoms with Crippen LogP contribution in [0.15, 0.2) is 12.2 Å². The largest absolute Gasteiger partial charge is 0.477 e. The quantitative estimate of drug-likeness (QED) is 0.0210. The number of amides is 4. The van der Waals surface area contributed by atoms with Gasteiger partial charge in [0.05, 0.1) is 75.0 Å². The summed E-state index contributed by atoms with van der Waals surface area (Å²) in [5, 5.41) is 209. The van der Waals surface area contributed by atoms with Gasteiger partial charge in [0.15, 0.2) is 0 Å². The van der Waals surface area contributed by atoms with E-state index < -0.39 is 272 Å². The molecule has 42 nitrogen and oxygen atoms in total. The van der Waals surface area contributed by atoms with Crippen LogP contribution in [-0.2, 0) is 89.8 Å². The molecule has 4 rings (SSSR count). The Balaban J connectivity index is 1.49. The Kier molecular flexibility index (Phi) is 53.0. The van der Waals surface area contributed by atoms with Gasteiger partial charge in [-0.15, -0.1) is 0 Å². The molecule has 4 fully saturated rings. The van der Waals surface area contributed by atoms with Gasteiger partial charge in [-0.3, -0.25) is 28.2 Å². The number of allylic oxidation sites excluding steroid dienone is 1. The Labute approximate surface area is 730 Å². The Hall–Kier alpha value is -4.82. The van der Waals surface area contributed by atoms with E-state index >= 15 is 0 Å². The average Bonchev–Trinajstić information content (AvgIpc) is 0.770. The highest BCUT2D eigenvalue weighted by Crippen LogP contribution is 2.49. The summed E-state index contributed by atoms with van der Waals surface area (Å²) in [5.74, 6) is -21.2. The maximum Gasteiger partial charge on any atom is 0.472 e. The molecule has 3 saturated heterocycles. The highest BCUT2D eigenvalue weighted by atomic mass is 31.2. The number of carbonyl (C=O) groups is 7. The molecule has 3 heterocycles. The third-order valence-electron chi connectivity index (χ3n) is 23.0. The summed E-state index contributed by atoms with van der Waals surface area (Å²) >= 11 is 0. The molecule has 125 heavy (non-hydrogen) atoms. The van der Waals surface area contributed by atoms with Crippen LogP contribution >= 0.6 is 7.82 Å². The molecule has 0 bridgehead atoms. The zero-order valence-electron chi connectivity index (χ0n) is 72.8. The van der Waals surface area contributed by atoms with Crippen molar-refractivity contribution in [3.63, 3.8) is 0 Å². The van der Waals surface area contributed by atoms with E-state index in [1.807, 2.05) is 0 Å². The normalized spacial score (nSPS) is 29.7. The lowest BCUT2D eigenvalue weighted by molar-refractivity contribution is -0.350. The topological polar surface area (TPSA) is 671 Å². The Morgan fingerprint density at radius 1 is 0.432 bits per heavy atom. The first-order valence-corrected chi connectivity index (χ1v) is 45.7. The number of carboxylic acid groups (broad SMARTS) is 3. The number of aliphatic hydroxyl groups is 15. The van der Waals surface area contributed by atoms with Crippen LogP contribution in [0.4, 0.5) is 0 Å². The molecule has 0 aromatic heterocycles. The second-order valence-electron chi connectivity index (χ2n) is 33.2. The van der Waals surface area contributed by atoms with Crippen molar-refractivity contribution in [2.45, 2.75) is 396 Å². The minimum absolute atomic E-state index is 0.0137. The summed E-state index contributed by atoms with van der Waals surface area (Å²) in [5.41, 5.74) is 0. The molecule has 0 spiro atoms. The van der Waals surface area contributed by atoms with Gasteiger partial charge >= 0.3 is 25.7 Å². The van der Waals surface area contributed by atoms with Crippen LogP contribution in [0.25, 0.3) is 0 Å². The number of methoxy groups -OCH3 is 3. The molecule has 0 radical (unpaired) electrons. The Bertz CT molecular complexity index is 3180. The summed E-state index contributed by atoms with van der Waals surface area (Å²) in [6.07, 6.45) is -10.2. The van der Waals surface area contributed by atoms with Gasteiger partial charge in [0.2, 0.25) is 23.6 Å². The first-order valence-electron chi connectivity index (χ1n) is 44.2. The van der Waals surface area contributed by atoms with Gasteiger partial charge in [0.25, 0.3) is 17.4 Å². The number of phosphoric ester groups is 1. The van der Waals surface area contributed by atoms with Crippen LogP contribution in [0.5, 0.6) is 0 Å². The van der Waals surface area contributed by atoms with Crippen molar-refractivity contribution in [2.24, 2.45) is 0 Å². The van der Waals surface area contributed by atoms with E-state index in [1.165, 1.54) is 109 Å². The van der Waals surface area contributed by atoms with E-state index in [1.54, 1.807) is 6.08 Å². The van der Waals surface area contributed by atoms with Crippen LogP contribution in [0.2, 0.25) is 0 Å². The van der Waals surface area contributed by atoms with E-state index in [9.17, 15) is 135 Å². The van der Waals surface area contributed by atoms with Gasteiger partial charge in [0, 0.05) is 47.0 Å². The highest BCUT2D eigenvalue weighted by molar-refractivity contribution is 7.47. The fraction of sp³-hybridized carbons (Fsp3) is 0.890. The lowest BCUT2D eigenvalue weighted by atomic mass is 9.84. The van der Waals surface area contributed by atoms with E-state index in [-0.39, 0.29) is 6.42 Å². The van der Waals surface area contributed by atoms with Gasteiger partial charge in [-0.1, -0.05) is 206 Å². The molecule has 3 aliphatic heterocycles. The second-order valence-corrected chi connectivity index (χ2v) is 34.6. The third kappa shape index (κ3) is 37.0. The number of rotatable bonds is 67. The number of unbranched alkanes of at least 4 members (excludes halogenated alkanes) is 29. The Morgan fingerprint density at radius 3 is 1.11 bits per heavy atom. The van der Waals surface area contributed by atoms with Crippen molar-refractivity contribution in [3.05, 3.63) is 12.2 Å². The molecular formula is C82H147N4O38P. The number of ether oxygens (including phenoxy) is 9. The van der Waals surface area contributed by atoms with Crippen LogP contribution in [0.1, 0.15) is 239 Å². The first-order chi connectivity index (χ1) is 59.4. The van der Waals surface area contributed by atoms with E-state index in [2.05, 4.69) is 35.1 Å². The van der Waals surface area contributed by atoms with Gasteiger partial charge in [0.1, 0.15) is 111 Å². The summed E-state index contributed by atoms with van der Waals surface area (Å²) in [6, 6.07) is -7.45. The number of aliphatic carboxylic acids is 3. The summed E-state index contributed by atoms with van der Waals surface area (Å²) in [7, 11) is -2.51. The molecule has 0 aromatic carbocycles. The number of carbonyl (C=O) groups excluding carboxylic acids is 4. The van der Waals surface area contributed by atoms with Gasteiger partial charge < -0.3 is 161 Å². The van der Waals surface area contributed by atoms with Gasteiger partial charge in [-0.2, -0.15) is 0 Å². The number of aliphatic hydroxyl groups excluding tert-OH is 15. The third-order valence-corrected chi connectivity index (χ3v) is 24.0. The van der Waals surface area contributed by atoms with Crippen molar-refractivity contribution in [1.82, 2.24) is 21.3 Å². The number of hydrogen-bond donors (Lipinski definition) is 23. The van der Waals surface area contributed by atoms with Crippen LogP contribution in [-0.4, -0.2) is 363 Å². The van der Waals surface area contributed by atoms with Crippen molar-refractivity contribution >= 4 is 49.4 Å². The maximum atomic E-state index is 14.1. The van der Waals surface area contributed by atoms with Crippen molar-refractivity contribution in [2.75, 3.05) is 67.6 Å². The van der Waals surface area contributed by atoms with E-state index in [0.717, 1.165) is 105 Å². The van der Waals surface area contributed by atoms with Crippen LogP contribution < -0.4 is 21.3 Å². The minimum atomic E-state index is -5.70. The fourth-order valence-electron chi connectivity index (χ4n) is 15.8. The SMILES string of the molecule is CCCCCCCCCCC/C=C/[C@@H](O)[C@H](COP(=O)(O)O[C@@H]1[C@H](O)[C@H](O[C@]2(C(=O)O)C[C@H](O)[C@@H](NC(=O)CO[C@]3(C(=O)O)C[C@H](O)[C@@H](NC(=O)CO[C@]4(C(=O)O)C[C@H](O)[C@@H](NC(=O)CO)[C@H]([C@H](O)[C@H](O)COC)O4)[C@H]([C@H](O)[C@H](O)COC)O3)[C@H]([C@H](O)[C@H](O)COC)O2)[C@@H](O)[C@H](O)[C@H]1O)NC(=O)CCCCCCCCCCCCCCCCCCCCCCC. The molecule has 1 saturated carbocycles. The molecule has 1 aliphatic carbocycles. The first kappa shape index (κ1) is 113. The van der Waals surface area contributed by atoms with E-state index in [0.29, 0.717) is 12.8 Å². The average molecular weight is 1830 g/mol. The standard InChI is InChI=1S/C82H147N4O38P/c1-6-8-10-12-14-16-18-19-20-21-22-23-24-25-26-27-29-31-33-35-37-39-58(95)83-50(51(88)38-36-34-32-30-28-17-15-13-11-9-7-2)44-119-125(112,113)124-76-70(104)68(102)69(103)75(71(76)105)123-82(79(110)111)42-54(91)64(74(122-82)67(101)57(94)47-116-5)86-61(98)49-118-81(78(108)109)41-53(90)63(73(121-81)66(100)56(93)46-115-4)85-60(97)48-117-80(77(106)107)40-52(89)62(84-59(96)43-87)72(120-80)65(99)55(92)45-114-3/h36,38,50-57,62-76,87-94,99-105H,6-35,37,39-49H2,1-5H3,(H,83,95)(H,84,96)(H,85,97)(H,86,98)(H,106,107)(H,108,109)(H,110,111)(H,112,113)/b38-36+/t50-,51+,52-,53-,54-,55+,56+,57+,62+,63+,64+,65+,66+,67+,68-,69-,70+,71+,72+,73+,74+,75+,76-,80+,81+,82-/m0/s1. The second kappa shape index (κ2) is 58.8. The van der Waals surface area contributed by atoms with Crippen molar-refractivity contribution in [1.29, 1.82) is 0 Å². The number of phosphoric acid groups is 1. The van der Waals surface area contributed by atoms with Crippen LogP contribution in [0.3, 0.4) is 0 Å². The molecule has 23 N–H and O–H groups in total. The zero-order valence-corrected chi connectivity index (χ0v) is 73.7. The van der Waals surface area contributed by atoms with Gasteiger partial charge in [-0.05, 0) is 19.3 Å². The molecule has 728 valence electrons. The van der Waals surface area contributed by atoms with Gasteiger partial charge in [-0.25, -0.2) is 18.9 Å². The monoisotopic (exact) mass is 1830 g/mol. The number of hydrogen-bond acceptors (Lipinski definition) is 34. The summed E-state index contributed by atoms with van der Waals surface area (Å²) in [6.45, 7) is -2.96. The minimum Gasteiger partial charge on any atom is -0.477 e. The summed E-state index contributed by atoms with van der Waals surface area (Å²) < 4.78 is 72.7. The summed E-state index contributed by atoms with van der Waals surface area (Å²) in [4.78, 5) is 105. The molecule has 27 atom stereocenters. The van der Waals surface area contributed by atoms with E-state index in [4.69, 9.17) is 51.7 Å². The van der Waals surface area contributed by atoms with Crippen LogP contribution in [0, 0.1) is 0 Å². The molecule has 4 aliphatic rings. The molecular weight excluding hydrogens is 1680 g/mol. The molecule has 1 unspecified atom stereocenters. The van der Waals surface area contributed by atoms with Crippen molar-refractivity contribution < 1.29 is 187 Å². The lowest BCUT2D eigenvalue weighted by Gasteiger charge is -2.50. The fourth-order valence-corrected chi connectivity index (χ4v) is 16.8. The smallest absolute Gasteiger partial charge is 0.472 e. The number of nitrogens with one attached hydrogen (secondary N) is 4. The molecule has 43 heteroatoms. The zero-order chi connectivity index (χ0) is 93.0. The Morgan fingerprint density at radius 2 is 0.760 bits per heavy atom. The lowest BCUT2D eigenvalue weighted by Crippen LogP contribution is -2.71. The predicted octanol–water partition coefficient (Wildman–Crippen LogP) is -0.368. The number of carboxylic acids is 3. The van der Waals surface area contributed by atoms with Crippen molar-refractivity contribution in [3.8, 4) is 0 Å². The maximum absolute atomic E-state index is 14.1. The molecule has 0 aromatic rings. The highest BCUT2D eigenvalue weighted by Gasteiger charge is 2.63. The molecule has 4 amide bonds. The predicted molar refractivity (Wildman–Crippen MR) is 440 cm³/mol.